The fourth-order valence-corrected chi connectivity index (χ4v) is 2.37. The molecule has 0 radical (unpaired) electrons. The molecule has 0 spiro atoms. The molecule has 1 aliphatic carbocycles. The number of nitrogens with zero attached hydrogens (tertiary/aromatic N) is 1. The van der Waals surface area contributed by atoms with Gasteiger partial charge in [0, 0.05) is 25.2 Å². The summed E-state index contributed by atoms with van der Waals surface area (Å²) in [7, 11) is 0. The number of hydrogen-bond acceptors (Lipinski definition) is 3. The molecule has 0 aromatic carbocycles. The number of nitrogens with one attached hydrogen (secondary N) is 1. The second-order valence-electron chi connectivity index (χ2n) is 5.03. The smallest absolute Gasteiger partial charge is 0.239 e. The second kappa shape index (κ2) is 5.15. The number of carbonyl (C=O) groups is 1. The zero-order valence-corrected chi connectivity index (χ0v) is 9.98. The Balaban J connectivity index is 1.89. The summed E-state index contributed by atoms with van der Waals surface area (Å²) in [6.07, 6.45) is 5.16. The Kier molecular flexibility index (Phi) is 3.82. The number of aliphatic hydroxyl groups is 1. The lowest BCUT2D eigenvalue weighted by Gasteiger charge is -2.36. The lowest BCUT2D eigenvalue weighted by Crippen LogP contribution is -2.54. The van der Waals surface area contributed by atoms with Crippen LogP contribution in [0.2, 0.25) is 0 Å². The molecule has 2 unspecified atom stereocenters. The predicted octanol–water partition coefficient (Wildman–Crippen LogP) is 0.500. The molecule has 0 bridgehead atoms. The van der Waals surface area contributed by atoms with Gasteiger partial charge in [0.25, 0.3) is 0 Å². The normalized spacial score (nSPS) is 28.2. The number of amides is 1. The van der Waals surface area contributed by atoms with E-state index in [4.69, 9.17) is 5.11 Å². The van der Waals surface area contributed by atoms with Crippen molar-refractivity contribution in [1.82, 2.24) is 10.2 Å². The van der Waals surface area contributed by atoms with Crippen LogP contribution < -0.4 is 5.32 Å². The molecule has 0 aromatic heterocycles. The first-order valence-electron chi connectivity index (χ1n) is 6.39. The molecule has 92 valence electrons. The van der Waals surface area contributed by atoms with Crippen LogP contribution in [0.4, 0.5) is 0 Å². The third-order valence-corrected chi connectivity index (χ3v) is 3.57. The zero-order valence-electron chi connectivity index (χ0n) is 9.98. The highest BCUT2D eigenvalue weighted by molar-refractivity contribution is 5.83. The molecule has 1 amide bonds. The minimum absolute atomic E-state index is 0.0300. The molecular weight excluding hydrogens is 204 g/mol. The minimum atomic E-state index is 0.0300. The largest absolute Gasteiger partial charge is 0.396 e. The van der Waals surface area contributed by atoms with Crippen LogP contribution in [0.15, 0.2) is 0 Å². The summed E-state index contributed by atoms with van der Waals surface area (Å²) in [5.74, 6) is 0.235. The summed E-state index contributed by atoms with van der Waals surface area (Å²) in [6.45, 7) is 3.03. The Labute approximate surface area is 97.0 Å². The fourth-order valence-electron chi connectivity index (χ4n) is 2.37. The second-order valence-corrected chi connectivity index (χ2v) is 5.03. The fraction of sp³-hybridized carbons (Fsp3) is 0.917. The lowest BCUT2D eigenvalue weighted by atomic mass is 10.0. The molecule has 2 aliphatic rings. The SMILES string of the molecule is CC(CCO)N1CCCC(NC2CC2)C1=O. The topological polar surface area (TPSA) is 52.6 Å². The summed E-state index contributed by atoms with van der Waals surface area (Å²) in [5, 5.41) is 12.3. The molecule has 2 atom stereocenters. The Morgan fingerprint density at radius 1 is 1.50 bits per heavy atom. The maximum atomic E-state index is 12.2. The van der Waals surface area contributed by atoms with E-state index in [0.717, 1.165) is 19.4 Å². The number of likely N-dealkylation sites (tertiary alicyclic amines) is 1. The monoisotopic (exact) mass is 226 g/mol. The van der Waals surface area contributed by atoms with E-state index < -0.39 is 0 Å². The number of hydrogen-bond donors (Lipinski definition) is 2. The van der Waals surface area contributed by atoms with Crippen LogP contribution in [-0.4, -0.2) is 47.2 Å². The molecule has 1 aliphatic heterocycles. The van der Waals surface area contributed by atoms with Gasteiger partial charge < -0.3 is 15.3 Å². The van der Waals surface area contributed by atoms with Gasteiger partial charge in [-0.2, -0.15) is 0 Å². The van der Waals surface area contributed by atoms with Gasteiger partial charge in [-0.3, -0.25) is 4.79 Å². The standard InChI is InChI=1S/C12H22N2O2/c1-9(6-8-15)14-7-2-3-11(12(14)16)13-10-4-5-10/h9-11,13,15H,2-8H2,1H3. The Morgan fingerprint density at radius 3 is 2.88 bits per heavy atom. The van der Waals surface area contributed by atoms with Crippen molar-refractivity contribution in [2.75, 3.05) is 13.2 Å². The van der Waals surface area contributed by atoms with Gasteiger partial charge in [-0.1, -0.05) is 0 Å². The van der Waals surface area contributed by atoms with E-state index in [-0.39, 0.29) is 24.6 Å². The zero-order chi connectivity index (χ0) is 11.5. The Morgan fingerprint density at radius 2 is 2.25 bits per heavy atom. The maximum Gasteiger partial charge on any atom is 0.239 e. The van der Waals surface area contributed by atoms with E-state index in [1.807, 2.05) is 11.8 Å². The summed E-state index contributed by atoms with van der Waals surface area (Å²) in [5.41, 5.74) is 0. The van der Waals surface area contributed by atoms with Crippen molar-refractivity contribution in [2.45, 2.75) is 57.2 Å². The van der Waals surface area contributed by atoms with Crippen LogP contribution in [0.5, 0.6) is 0 Å². The molecule has 0 aromatic rings. The van der Waals surface area contributed by atoms with Crippen LogP contribution in [0.1, 0.15) is 39.0 Å². The number of carbonyl (C=O) groups excluding carboxylic acids is 1. The highest BCUT2D eigenvalue weighted by atomic mass is 16.3. The van der Waals surface area contributed by atoms with E-state index in [0.29, 0.717) is 12.5 Å². The molecule has 2 fully saturated rings. The molecule has 1 saturated heterocycles. The van der Waals surface area contributed by atoms with Gasteiger partial charge in [0.05, 0.1) is 6.04 Å². The van der Waals surface area contributed by atoms with Crippen molar-refractivity contribution in [3.05, 3.63) is 0 Å². The molecule has 2 rings (SSSR count). The Hall–Kier alpha value is -0.610. The highest BCUT2D eigenvalue weighted by Gasteiger charge is 2.34. The van der Waals surface area contributed by atoms with Crippen LogP contribution in [0.25, 0.3) is 0 Å². The average Bonchev–Trinajstić information content (AvgIpc) is 3.05. The van der Waals surface area contributed by atoms with E-state index in [1.165, 1.54) is 12.8 Å². The Bertz CT molecular complexity index is 253. The highest BCUT2D eigenvalue weighted by Crippen LogP contribution is 2.23. The first-order chi connectivity index (χ1) is 7.72. The molecule has 4 heteroatoms. The predicted molar refractivity (Wildman–Crippen MR) is 62.1 cm³/mol. The third kappa shape index (κ3) is 2.74. The van der Waals surface area contributed by atoms with Crippen LogP contribution >= 0.6 is 0 Å². The average molecular weight is 226 g/mol. The van der Waals surface area contributed by atoms with Crippen LogP contribution in [-0.2, 0) is 4.79 Å². The number of aliphatic hydroxyl groups excluding tert-OH is 1. The molecule has 16 heavy (non-hydrogen) atoms. The molecular formula is C12H22N2O2. The minimum Gasteiger partial charge on any atom is -0.396 e. The van der Waals surface area contributed by atoms with E-state index in [9.17, 15) is 4.79 Å². The number of piperidine rings is 1. The van der Waals surface area contributed by atoms with Crippen molar-refractivity contribution < 1.29 is 9.90 Å². The van der Waals surface area contributed by atoms with Crippen LogP contribution in [0.3, 0.4) is 0 Å². The number of rotatable bonds is 5. The maximum absolute atomic E-state index is 12.2. The van der Waals surface area contributed by atoms with E-state index >= 15 is 0 Å². The van der Waals surface area contributed by atoms with Gasteiger partial charge in [-0.15, -0.1) is 0 Å². The summed E-state index contributed by atoms with van der Waals surface area (Å²) in [6, 6.07) is 0.783. The van der Waals surface area contributed by atoms with Crippen molar-refractivity contribution in [1.29, 1.82) is 0 Å². The quantitative estimate of drug-likeness (QED) is 0.718. The molecule has 4 nitrogen and oxygen atoms in total. The summed E-state index contributed by atoms with van der Waals surface area (Å²) >= 11 is 0. The van der Waals surface area contributed by atoms with Crippen molar-refractivity contribution in [3.8, 4) is 0 Å². The van der Waals surface area contributed by atoms with Gasteiger partial charge >= 0.3 is 0 Å². The van der Waals surface area contributed by atoms with Gasteiger partial charge in [0.15, 0.2) is 0 Å². The lowest BCUT2D eigenvalue weighted by molar-refractivity contribution is -0.138. The molecule has 1 saturated carbocycles. The van der Waals surface area contributed by atoms with Crippen LogP contribution in [0, 0.1) is 0 Å². The van der Waals surface area contributed by atoms with Crippen molar-refractivity contribution in [3.63, 3.8) is 0 Å². The molecule has 2 N–H and O–H groups in total. The summed E-state index contributed by atoms with van der Waals surface area (Å²) < 4.78 is 0. The summed E-state index contributed by atoms with van der Waals surface area (Å²) in [4.78, 5) is 14.1. The van der Waals surface area contributed by atoms with Gasteiger partial charge in [0.2, 0.25) is 5.91 Å². The molecule has 1 heterocycles. The first-order valence-corrected chi connectivity index (χ1v) is 6.39. The van der Waals surface area contributed by atoms with Crippen molar-refractivity contribution in [2.24, 2.45) is 0 Å². The van der Waals surface area contributed by atoms with E-state index in [2.05, 4.69) is 5.32 Å². The van der Waals surface area contributed by atoms with Gasteiger partial charge in [-0.05, 0) is 39.0 Å². The van der Waals surface area contributed by atoms with E-state index in [1.54, 1.807) is 0 Å². The first kappa shape index (κ1) is 11.9. The third-order valence-electron chi connectivity index (χ3n) is 3.57. The van der Waals surface area contributed by atoms with Gasteiger partial charge in [0.1, 0.15) is 0 Å². The van der Waals surface area contributed by atoms with Gasteiger partial charge in [-0.25, -0.2) is 0 Å². The van der Waals surface area contributed by atoms with Crippen molar-refractivity contribution >= 4 is 5.91 Å².